The smallest absolute Gasteiger partial charge is 0.255 e. The average Bonchev–Trinajstić information content (AvgIpc) is 3.26. The Morgan fingerprint density at radius 3 is 2.69 bits per heavy atom. The normalized spacial score (nSPS) is 17.1. The summed E-state index contributed by atoms with van der Waals surface area (Å²) in [5.74, 6) is -0.739. The standard InChI is InChI=1S/C26H24ClFN4O4/c27-18-2-1-3-19(28)23(18)25-30-20(24-21(31-25)12-29-26(24)35)10-15-4-6-16(7-5-15)11-22(34)32-8-9-36-14-17(32)13-33/h1-7,17,33H,8-14H2,(H,29,35)/t17-/m1/s1. The van der Waals surface area contributed by atoms with Crippen LogP contribution < -0.4 is 5.32 Å². The Morgan fingerprint density at radius 1 is 1.17 bits per heavy atom. The van der Waals surface area contributed by atoms with E-state index in [1.54, 1.807) is 11.0 Å². The lowest BCUT2D eigenvalue weighted by molar-refractivity contribution is -0.140. The molecule has 36 heavy (non-hydrogen) atoms. The average molecular weight is 511 g/mol. The number of carbonyl (C=O) groups excluding carboxylic acids is 2. The van der Waals surface area contributed by atoms with Crippen LogP contribution in [-0.4, -0.2) is 64.2 Å². The third kappa shape index (κ3) is 4.82. The molecule has 0 radical (unpaired) electrons. The van der Waals surface area contributed by atoms with E-state index in [1.165, 1.54) is 12.1 Å². The van der Waals surface area contributed by atoms with Crippen molar-refractivity contribution < 1.29 is 23.8 Å². The molecular formula is C26H24ClFN4O4. The van der Waals surface area contributed by atoms with Crippen LogP contribution in [0, 0.1) is 5.82 Å². The number of fused-ring (bicyclic) bond motifs is 1. The van der Waals surface area contributed by atoms with Crippen LogP contribution in [0.4, 0.5) is 4.39 Å². The first-order chi connectivity index (χ1) is 17.4. The summed E-state index contributed by atoms with van der Waals surface area (Å²) >= 11 is 6.24. The summed E-state index contributed by atoms with van der Waals surface area (Å²) in [5.41, 5.74) is 3.18. The molecule has 5 rings (SSSR count). The van der Waals surface area contributed by atoms with Crippen LogP contribution in [-0.2, 0) is 28.9 Å². The van der Waals surface area contributed by atoms with E-state index in [0.717, 1.165) is 11.1 Å². The number of aliphatic hydroxyl groups excluding tert-OH is 1. The molecular weight excluding hydrogens is 487 g/mol. The van der Waals surface area contributed by atoms with E-state index >= 15 is 0 Å². The van der Waals surface area contributed by atoms with Crippen molar-refractivity contribution in [2.24, 2.45) is 0 Å². The first-order valence-electron chi connectivity index (χ1n) is 11.6. The first-order valence-corrected chi connectivity index (χ1v) is 12.0. The van der Waals surface area contributed by atoms with Crippen LogP contribution in [0.5, 0.6) is 0 Å². The third-order valence-electron chi connectivity index (χ3n) is 6.40. The van der Waals surface area contributed by atoms with Crippen molar-refractivity contribution in [1.29, 1.82) is 0 Å². The lowest BCUT2D eigenvalue weighted by Crippen LogP contribution is -2.51. The van der Waals surface area contributed by atoms with Crippen molar-refractivity contribution in [3.8, 4) is 11.4 Å². The molecule has 2 aliphatic heterocycles. The van der Waals surface area contributed by atoms with Crippen LogP contribution in [0.3, 0.4) is 0 Å². The number of halogens is 2. The first kappa shape index (κ1) is 24.3. The monoisotopic (exact) mass is 510 g/mol. The molecule has 1 aromatic heterocycles. The number of rotatable bonds is 6. The van der Waals surface area contributed by atoms with Gasteiger partial charge in [0.15, 0.2) is 5.82 Å². The highest BCUT2D eigenvalue weighted by Gasteiger charge is 2.28. The predicted octanol–water partition coefficient (Wildman–Crippen LogP) is 2.53. The molecule has 0 bridgehead atoms. The Balaban J connectivity index is 1.38. The molecule has 8 nitrogen and oxygen atoms in total. The number of amides is 2. The Labute approximate surface area is 212 Å². The van der Waals surface area contributed by atoms with Gasteiger partial charge in [-0.2, -0.15) is 0 Å². The molecule has 1 fully saturated rings. The second-order valence-electron chi connectivity index (χ2n) is 8.76. The summed E-state index contributed by atoms with van der Waals surface area (Å²) in [7, 11) is 0. The predicted molar refractivity (Wildman–Crippen MR) is 130 cm³/mol. The van der Waals surface area contributed by atoms with Gasteiger partial charge in [0.1, 0.15) is 5.82 Å². The number of aliphatic hydroxyl groups is 1. The molecule has 0 saturated carbocycles. The van der Waals surface area contributed by atoms with Gasteiger partial charge < -0.3 is 20.1 Å². The van der Waals surface area contributed by atoms with Gasteiger partial charge in [-0.05, 0) is 23.3 Å². The van der Waals surface area contributed by atoms with Crippen LogP contribution in [0.1, 0.15) is 32.9 Å². The Hall–Kier alpha value is -3.40. The molecule has 186 valence electrons. The van der Waals surface area contributed by atoms with Gasteiger partial charge in [-0.25, -0.2) is 14.4 Å². The maximum absolute atomic E-state index is 14.6. The van der Waals surface area contributed by atoms with Crippen molar-refractivity contribution >= 4 is 23.4 Å². The Morgan fingerprint density at radius 2 is 1.94 bits per heavy atom. The fourth-order valence-electron chi connectivity index (χ4n) is 4.53. The zero-order valence-electron chi connectivity index (χ0n) is 19.3. The maximum atomic E-state index is 14.6. The summed E-state index contributed by atoms with van der Waals surface area (Å²) in [6.07, 6.45) is 0.527. The molecule has 3 aromatic rings. The minimum Gasteiger partial charge on any atom is -0.394 e. The Kier molecular flexibility index (Phi) is 6.95. The Bertz CT molecular complexity index is 1300. The number of carbonyl (C=O) groups is 2. The fraction of sp³-hybridized carbons (Fsp3) is 0.308. The number of nitrogens with one attached hydrogen (secondary N) is 1. The van der Waals surface area contributed by atoms with Gasteiger partial charge in [-0.15, -0.1) is 0 Å². The van der Waals surface area contributed by atoms with Crippen molar-refractivity contribution in [3.63, 3.8) is 0 Å². The highest BCUT2D eigenvalue weighted by Crippen LogP contribution is 2.31. The van der Waals surface area contributed by atoms with E-state index in [4.69, 9.17) is 16.3 Å². The van der Waals surface area contributed by atoms with E-state index in [9.17, 15) is 19.1 Å². The number of hydrogen-bond donors (Lipinski definition) is 2. The van der Waals surface area contributed by atoms with Crippen molar-refractivity contribution in [2.75, 3.05) is 26.4 Å². The SMILES string of the molecule is O=C1NCc2nc(-c3c(F)cccc3Cl)nc(Cc3ccc(CC(=O)N4CCOC[C@H]4CO)cc3)c21. The second-order valence-corrected chi connectivity index (χ2v) is 9.17. The third-order valence-corrected chi connectivity index (χ3v) is 6.71. The zero-order chi connectivity index (χ0) is 25.2. The molecule has 10 heteroatoms. The number of ether oxygens (including phenoxy) is 1. The van der Waals surface area contributed by atoms with E-state index in [-0.39, 0.29) is 53.8 Å². The van der Waals surface area contributed by atoms with Crippen molar-refractivity contribution in [2.45, 2.75) is 25.4 Å². The summed E-state index contributed by atoms with van der Waals surface area (Å²) < 4.78 is 19.9. The number of hydrogen-bond acceptors (Lipinski definition) is 6. The molecule has 3 heterocycles. The van der Waals surface area contributed by atoms with Crippen LogP contribution in [0.25, 0.3) is 11.4 Å². The molecule has 2 N–H and O–H groups in total. The minimum absolute atomic E-state index is 0.0678. The van der Waals surface area contributed by atoms with Gasteiger partial charge in [0.25, 0.3) is 5.91 Å². The lowest BCUT2D eigenvalue weighted by Gasteiger charge is -2.34. The van der Waals surface area contributed by atoms with E-state index in [2.05, 4.69) is 15.3 Å². The number of morpholine rings is 1. The van der Waals surface area contributed by atoms with Gasteiger partial charge in [0.05, 0.1) is 66.4 Å². The largest absolute Gasteiger partial charge is 0.394 e. The summed E-state index contributed by atoms with van der Waals surface area (Å²) in [6, 6.07) is 11.5. The van der Waals surface area contributed by atoms with E-state index < -0.39 is 5.82 Å². The number of benzene rings is 2. The van der Waals surface area contributed by atoms with Gasteiger partial charge in [-0.3, -0.25) is 9.59 Å². The zero-order valence-corrected chi connectivity index (χ0v) is 20.1. The second kappa shape index (κ2) is 10.3. The van der Waals surface area contributed by atoms with E-state index in [1.807, 2.05) is 24.3 Å². The topological polar surface area (TPSA) is 105 Å². The molecule has 0 aliphatic carbocycles. The quantitative estimate of drug-likeness (QED) is 0.528. The fourth-order valence-corrected chi connectivity index (χ4v) is 4.78. The van der Waals surface area contributed by atoms with E-state index in [0.29, 0.717) is 43.1 Å². The molecule has 0 unspecified atom stereocenters. The molecule has 0 spiro atoms. The maximum Gasteiger partial charge on any atom is 0.255 e. The number of nitrogens with zero attached hydrogens (tertiary/aromatic N) is 3. The van der Waals surface area contributed by atoms with Gasteiger partial charge in [0, 0.05) is 13.0 Å². The van der Waals surface area contributed by atoms with Crippen molar-refractivity contribution in [3.05, 3.63) is 81.4 Å². The molecule has 1 saturated heterocycles. The van der Waals surface area contributed by atoms with Crippen molar-refractivity contribution in [1.82, 2.24) is 20.2 Å². The van der Waals surface area contributed by atoms with Gasteiger partial charge in [-0.1, -0.05) is 41.9 Å². The van der Waals surface area contributed by atoms with Crippen LogP contribution in [0.2, 0.25) is 5.02 Å². The van der Waals surface area contributed by atoms with Crippen LogP contribution >= 0.6 is 11.6 Å². The minimum atomic E-state index is -0.539. The van der Waals surface area contributed by atoms with Gasteiger partial charge in [0.2, 0.25) is 5.91 Å². The van der Waals surface area contributed by atoms with Gasteiger partial charge >= 0.3 is 0 Å². The molecule has 2 aromatic carbocycles. The molecule has 2 aliphatic rings. The highest BCUT2D eigenvalue weighted by atomic mass is 35.5. The summed E-state index contributed by atoms with van der Waals surface area (Å²) in [5, 5.41) is 12.5. The summed E-state index contributed by atoms with van der Waals surface area (Å²) in [4.78, 5) is 35.9. The summed E-state index contributed by atoms with van der Waals surface area (Å²) in [6.45, 7) is 1.34. The number of aromatic nitrogens is 2. The molecule has 2 amide bonds. The lowest BCUT2D eigenvalue weighted by atomic mass is 10.0. The highest BCUT2D eigenvalue weighted by molar-refractivity contribution is 6.33. The molecule has 1 atom stereocenters. The van der Waals surface area contributed by atoms with Crippen LogP contribution in [0.15, 0.2) is 42.5 Å².